The molecule has 0 unspecified atom stereocenters. The van der Waals surface area contributed by atoms with Crippen LogP contribution in [0.2, 0.25) is 0 Å². The van der Waals surface area contributed by atoms with E-state index < -0.39 is 21.6 Å². The third kappa shape index (κ3) is 3.90. The summed E-state index contributed by atoms with van der Waals surface area (Å²) in [6.07, 6.45) is 2.16. The Bertz CT molecular complexity index is 936. The zero-order valence-corrected chi connectivity index (χ0v) is 14.8. The van der Waals surface area contributed by atoms with Crippen molar-refractivity contribution in [2.45, 2.75) is 17.5 Å². The van der Waals surface area contributed by atoms with Gasteiger partial charge in [-0.3, -0.25) is 0 Å². The Labute approximate surface area is 149 Å². The van der Waals surface area contributed by atoms with Crippen molar-refractivity contribution < 1.29 is 21.6 Å². The average molecular weight is 382 g/mol. The summed E-state index contributed by atoms with van der Waals surface area (Å²) in [4.78, 5) is 6.09. The van der Waals surface area contributed by atoms with Crippen molar-refractivity contribution in [2.75, 3.05) is 24.2 Å². The molecule has 1 aromatic heterocycles. The van der Waals surface area contributed by atoms with Crippen LogP contribution in [0.15, 0.2) is 53.6 Å². The first kappa shape index (κ1) is 18.4. The number of pyridine rings is 1. The third-order valence-corrected chi connectivity index (χ3v) is 5.27. The molecule has 0 bridgehead atoms. The molecule has 0 atom stereocenters. The van der Waals surface area contributed by atoms with E-state index >= 15 is 0 Å². The largest absolute Gasteiger partial charge is 0.417 e. The van der Waals surface area contributed by atoms with E-state index in [1.54, 1.807) is 0 Å². The van der Waals surface area contributed by atoms with Crippen LogP contribution < -0.4 is 4.90 Å². The molecule has 26 heavy (non-hydrogen) atoms. The Morgan fingerprint density at radius 2 is 1.81 bits per heavy atom. The minimum absolute atomic E-state index is 0.114. The second-order valence-corrected chi connectivity index (χ2v) is 8.11. The van der Waals surface area contributed by atoms with Crippen molar-refractivity contribution in [1.82, 2.24) is 4.98 Å². The summed E-state index contributed by atoms with van der Waals surface area (Å²) in [6, 6.07) is 6.87. The molecular formula is C18H17F3N2O2S. The van der Waals surface area contributed by atoms with Gasteiger partial charge in [0.1, 0.15) is 5.82 Å². The topological polar surface area (TPSA) is 50.3 Å². The van der Waals surface area contributed by atoms with Crippen LogP contribution in [0, 0.1) is 0 Å². The number of anilines is 1. The van der Waals surface area contributed by atoms with E-state index in [1.165, 1.54) is 24.3 Å². The van der Waals surface area contributed by atoms with Crippen LogP contribution in [0.25, 0.3) is 11.1 Å². The predicted molar refractivity (Wildman–Crippen MR) is 93.8 cm³/mol. The number of benzene rings is 1. The summed E-state index contributed by atoms with van der Waals surface area (Å²) in [7, 11) is -3.38. The van der Waals surface area contributed by atoms with E-state index in [-0.39, 0.29) is 4.90 Å². The van der Waals surface area contributed by atoms with Crippen LogP contribution >= 0.6 is 0 Å². The quantitative estimate of drug-likeness (QED) is 0.755. The molecule has 0 spiro atoms. The van der Waals surface area contributed by atoms with E-state index in [9.17, 15) is 21.6 Å². The molecule has 0 aliphatic carbocycles. The van der Waals surface area contributed by atoms with Gasteiger partial charge >= 0.3 is 6.18 Å². The first-order chi connectivity index (χ1) is 12.2. The van der Waals surface area contributed by atoms with Gasteiger partial charge in [0.2, 0.25) is 0 Å². The van der Waals surface area contributed by atoms with E-state index in [1.807, 2.05) is 17.1 Å². The first-order valence-corrected chi connectivity index (χ1v) is 9.83. The molecule has 0 saturated carbocycles. The maximum absolute atomic E-state index is 13.1. The summed E-state index contributed by atoms with van der Waals surface area (Å²) in [5.74, 6) is 0.453. The maximum atomic E-state index is 13.1. The fraction of sp³-hybridized carbons (Fsp3) is 0.278. The summed E-state index contributed by atoms with van der Waals surface area (Å²) in [5, 5.41) is 0. The molecule has 1 aromatic carbocycles. The van der Waals surface area contributed by atoms with Gasteiger partial charge in [0.05, 0.1) is 10.5 Å². The van der Waals surface area contributed by atoms with Crippen LogP contribution in [0.4, 0.5) is 19.0 Å². The van der Waals surface area contributed by atoms with Gasteiger partial charge in [-0.15, -0.1) is 0 Å². The lowest BCUT2D eigenvalue weighted by Crippen LogP contribution is -2.28. The molecule has 0 amide bonds. The number of alkyl halides is 3. The van der Waals surface area contributed by atoms with Crippen LogP contribution in [-0.4, -0.2) is 32.7 Å². The van der Waals surface area contributed by atoms with Crippen LogP contribution in [0.3, 0.4) is 0 Å². The summed E-state index contributed by atoms with van der Waals surface area (Å²) in [6.45, 7) is 1.22. The summed E-state index contributed by atoms with van der Waals surface area (Å²) < 4.78 is 62.6. The molecule has 0 N–H and O–H groups in total. The molecule has 0 saturated heterocycles. The smallest absolute Gasteiger partial charge is 0.352 e. The highest BCUT2D eigenvalue weighted by Gasteiger charge is 2.32. The highest BCUT2D eigenvalue weighted by molar-refractivity contribution is 7.90. The Hall–Kier alpha value is -2.35. The fourth-order valence-electron chi connectivity index (χ4n) is 2.79. The molecule has 3 rings (SSSR count). The second-order valence-electron chi connectivity index (χ2n) is 6.10. The van der Waals surface area contributed by atoms with Crippen molar-refractivity contribution in [1.29, 1.82) is 0 Å². The minimum Gasteiger partial charge on any atom is -0.352 e. The predicted octanol–water partition coefficient (Wildman–Crippen LogP) is 3.94. The van der Waals surface area contributed by atoms with Crippen molar-refractivity contribution in [3.05, 3.63) is 54.2 Å². The molecule has 0 radical (unpaired) electrons. The van der Waals surface area contributed by atoms with Gasteiger partial charge in [-0.25, -0.2) is 13.4 Å². The van der Waals surface area contributed by atoms with Gasteiger partial charge in [-0.2, -0.15) is 13.2 Å². The molecule has 8 heteroatoms. The Kier molecular flexibility index (Phi) is 4.79. The van der Waals surface area contributed by atoms with Crippen LogP contribution in [0.1, 0.15) is 12.0 Å². The van der Waals surface area contributed by atoms with E-state index in [0.717, 1.165) is 24.9 Å². The van der Waals surface area contributed by atoms with Crippen molar-refractivity contribution in [3.63, 3.8) is 0 Å². The molecule has 2 aromatic rings. The van der Waals surface area contributed by atoms with Gasteiger partial charge in [0.15, 0.2) is 9.84 Å². The third-order valence-electron chi connectivity index (χ3n) is 4.15. The maximum Gasteiger partial charge on any atom is 0.417 e. The average Bonchev–Trinajstić information content (AvgIpc) is 2.60. The molecule has 138 valence electrons. The number of hydrogen-bond acceptors (Lipinski definition) is 4. The number of rotatable bonds is 3. The van der Waals surface area contributed by atoms with Crippen molar-refractivity contribution >= 4 is 15.7 Å². The number of nitrogens with zero attached hydrogens (tertiary/aromatic N) is 2. The SMILES string of the molecule is CS(=O)(=O)c1ccc(-c2cc(C(F)(F)F)cnc2N2CC=CCC2)cc1. The summed E-state index contributed by atoms with van der Waals surface area (Å²) in [5.41, 5.74) is -0.0216. The summed E-state index contributed by atoms with van der Waals surface area (Å²) >= 11 is 0. The first-order valence-electron chi connectivity index (χ1n) is 7.94. The zero-order valence-electron chi connectivity index (χ0n) is 14.0. The Morgan fingerprint density at radius 3 is 2.35 bits per heavy atom. The van der Waals surface area contributed by atoms with Gasteiger partial charge in [-0.1, -0.05) is 24.3 Å². The van der Waals surface area contributed by atoms with Gasteiger partial charge in [-0.05, 0) is 30.2 Å². The number of hydrogen-bond donors (Lipinski definition) is 0. The zero-order chi connectivity index (χ0) is 18.9. The highest BCUT2D eigenvalue weighted by atomic mass is 32.2. The fourth-order valence-corrected chi connectivity index (χ4v) is 3.42. The molecule has 4 nitrogen and oxygen atoms in total. The normalized spacial score (nSPS) is 15.3. The van der Waals surface area contributed by atoms with Gasteiger partial charge in [0, 0.05) is 31.1 Å². The van der Waals surface area contributed by atoms with Crippen molar-refractivity contribution in [3.8, 4) is 11.1 Å². The molecule has 2 heterocycles. The van der Waals surface area contributed by atoms with E-state index in [0.29, 0.717) is 30.0 Å². The second kappa shape index (κ2) is 6.75. The molecule has 1 aliphatic heterocycles. The van der Waals surface area contributed by atoms with E-state index in [2.05, 4.69) is 4.98 Å². The van der Waals surface area contributed by atoms with Crippen molar-refractivity contribution in [2.24, 2.45) is 0 Å². The Morgan fingerprint density at radius 1 is 1.12 bits per heavy atom. The number of halogens is 3. The van der Waals surface area contributed by atoms with Crippen LogP contribution in [-0.2, 0) is 16.0 Å². The van der Waals surface area contributed by atoms with Gasteiger partial charge < -0.3 is 4.90 Å². The number of sulfone groups is 1. The lowest BCUT2D eigenvalue weighted by atomic mass is 10.0. The molecule has 0 fully saturated rings. The van der Waals surface area contributed by atoms with Gasteiger partial charge in [0.25, 0.3) is 0 Å². The minimum atomic E-state index is -4.51. The highest BCUT2D eigenvalue weighted by Crippen LogP contribution is 2.36. The molecule has 1 aliphatic rings. The lowest BCUT2D eigenvalue weighted by Gasteiger charge is -2.27. The standard InChI is InChI=1S/C18H17F3N2O2S/c1-26(24,25)15-7-5-13(6-8-15)16-11-14(18(19,20)21)12-22-17(16)23-9-3-2-4-10-23/h2-3,5-8,11-12H,4,9-10H2,1H3. The lowest BCUT2D eigenvalue weighted by molar-refractivity contribution is -0.137. The van der Waals surface area contributed by atoms with Crippen LogP contribution in [0.5, 0.6) is 0 Å². The van der Waals surface area contributed by atoms with E-state index in [4.69, 9.17) is 0 Å². The monoisotopic (exact) mass is 382 g/mol. The molecular weight excluding hydrogens is 365 g/mol. The number of aromatic nitrogens is 1. The Balaban J connectivity index is 2.11.